The van der Waals surface area contributed by atoms with Gasteiger partial charge in [-0.05, 0) is 12.0 Å². The second-order valence-electron chi connectivity index (χ2n) is 2.08. The van der Waals surface area contributed by atoms with Crippen molar-refractivity contribution >= 4 is 0 Å². The minimum Gasteiger partial charge on any atom is -0.236 e. The molecule has 0 spiro atoms. The van der Waals surface area contributed by atoms with Gasteiger partial charge in [-0.2, -0.15) is 0 Å². The maximum absolute atomic E-state index is 12.4. The van der Waals surface area contributed by atoms with E-state index in [0.29, 0.717) is 6.42 Å². The molecule has 0 nitrogen and oxygen atoms in total. The third-order valence-corrected chi connectivity index (χ3v) is 1.34. The summed E-state index contributed by atoms with van der Waals surface area (Å²) in [6, 6.07) is 0. The maximum Gasteiger partial charge on any atom is 0.273 e. The van der Waals surface area contributed by atoms with Crippen molar-refractivity contribution < 1.29 is 13.2 Å². The van der Waals surface area contributed by atoms with Gasteiger partial charge >= 0.3 is 0 Å². The molecule has 0 aromatic carbocycles. The molecule has 0 aliphatic heterocycles. The Labute approximate surface area is 57.0 Å². The Morgan fingerprint density at radius 1 is 1.30 bits per heavy atom. The Balaban J connectivity index is 2.56. The molecule has 0 fully saturated rings. The van der Waals surface area contributed by atoms with E-state index in [1.54, 1.807) is 6.08 Å². The second kappa shape index (κ2) is 2.90. The summed E-state index contributed by atoms with van der Waals surface area (Å²) >= 11 is 0. The highest BCUT2D eigenvalue weighted by Gasteiger charge is 2.22. The standard InChI is InChI=1S/C7H7F3/c8-6(7(9)10)5-3-1-2-4-5/h1,3-4,6-7H,2H2. The monoisotopic (exact) mass is 148 g/mol. The van der Waals surface area contributed by atoms with Crippen LogP contribution in [0.4, 0.5) is 13.2 Å². The smallest absolute Gasteiger partial charge is 0.236 e. The molecule has 0 aromatic heterocycles. The highest BCUT2D eigenvalue weighted by molar-refractivity contribution is 5.29. The van der Waals surface area contributed by atoms with Crippen molar-refractivity contribution in [3.05, 3.63) is 23.8 Å². The van der Waals surface area contributed by atoms with Crippen molar-refractivity contribution in [2.24, 2.45) is 0 Å². The molecular weight excluding hydrogens is 141 g/mol. The summed E-state index contributed by atoms with van der Waals surface area (Å²) in [7, 11) is 0. The van der Waals surface area contributed by atoms with E-state index in [1.807, 2.05) is 0 Å². The summed E-state index contributed by atoms with van der Waals surface area (Å²) < 4.78 is 35.6. The normalized spacial score (nSPS) is 19.8. The Bertz CT molecular complexity index is 170. The molecule has 0 aromatic rings. The Morgan fingerprint density at radius 2 is 2.00 bits per heavy atom. The van der Waals surface area contributed by atoms with Gasteiger partial charge in [-0.15, -0.1) is 0 Å². The molecule has 0 radical (unpaired) electrons. The first-order valence-corrected chi connectivity index (χ1v) is 3.00. The highest BCUT2D eigenvalue weighted by Crippen LogP contribution is 2.20. The molecule has 3 heteroatoms. The molecular formula is C7H7F3. The van der Waals surface area contributed by atoms with Crippen molar-refractivity contribution in [1.82, 2.24) is 0 Å². The van der Waals surface area contributed by atoms with Crippen molar-refractivity contribution in [3.63, 3.8) is 0 Å². The van der Waals surface area contributed by atoms with Gasteiger partial charge < -0.3 is 0 Å². The molecule has 0 heterocycles. The van der Waals surface area contributed by atoms with E-state index < -0.39 is 12.6 Å². The van der Waals surface area contributed by atoms with Crippen LogP contribution in [0, 0.1) is 0 Å². The first-order chi connectivity index (χ1) is 4.72. The lowest BCUT2D eigenvalue weighted by Crippen LogP contribution is -2.12. The third-order valence-electron chi connectivity index (χ3n) is 1.34. The number of alkyl halides is 3. The molecule has 1 aliphatic carbocycles. The van der Waals surface area contributed by atoms with Crippen LogP contribution in [0.3, 0.4) is 0 Å². The number of rotatable bonds is 2. The van der Waals surface area contributed by atoms with Gasteiger partial charge in [-0.3, -0.25) is 0 Å². The van der Waals surface area contributed by atoms with Crippen molar-refractivity contribution in [3.8, 4) is 0 Å². The summed E-state index contributed by atoms with van der Waals surface area (Å²) in [6.45, 7) is 0. The zero-order valence-corrected chi connectivity index (χ0v) is 5.23. The fraction of sp³-hybridized carbons (Fsp3) is 0.429. The van der Waals surface area contributed by atoms with E-state index in [0.717, 1.165) is 0 Å². The lowest BCUT2D eigenvalue weighted by atomic mass is 10.2. The van der Waals surface area contributed by atoms with Crippen LogP contribution in [-0.4, -0.2) is 12.6 Å². The summed E-state index contributed by atoms with van der Waals surface area (Å²) in [5.41, 5.74) is 0.106. The van der Waals surface area contributed by atoms with Crippen molar-refractivity contribution in [2.45, 2.75) is 19.0 Å². The van der Waals surface area contributed by atoms with Crippen LogP contribution in [-0.2, 0) is 0 Å². The lowest BCUT2D eigenvalue weighted by Gasteiger charge is -2.04. The van der Waals surface area contributed by atoms with E-state index in [9.17, 15) is 13.2 Å². The molecule has 1 rings (SSSR count). The number of hydrogen-bond acceptors (Lipinski definition) is 0. The predicted molar refractivity (Wildman–Crippen MR) is 32.7 cm³/mol. The van der Waals surface area contributed by atoms with Gasteiger partial charge in [-0.25, -0.2) is 13.2 Å². The minimum absolute atomic E-state index is 0.106. The van der Waals surface area contributed by atoms with E-state index >= 15 is 0 Å². The van der Waals surface area contributed by atoms with E-state index in [1.165, 1.54) is 12.2 Å². The average molecular weight is 148 g/mol. The zero-order chi connectivity index (χ0) is 7.56. The molecule has 1 aliphatic rings. The van der Waals surface area contributed by atoms with Crippen LogP contribution in [0.2, 0.25) is 0 Å². The van der Waals surface area contributed by atoms with Crippen LogP contribution in [0.1, 0.15) is 6.42 Å². The molecule has 0 saturated heterocycles. The van der Waals surface area contributed by atoms with Gasteiger partial charge in [0.05, 0.1) is 0 Å². The molecule has 1 atom stereocenters. The van der Waals surface area contributed by atoms with Gasteiger partial charge in [0.2, 0.25) is 0 Å². The average Bonchev–Trinajstić information content (AvgIpc) is 2.36. The topological polar surface area (TPSA) is 0 Å². The quantitative estimate of drug-likeness (QED) is 0.564. The molecule has 0 amide bonds. The second-order valence-corrected chi connectivity index (χ2v) is 2.08. The largest absolute Gasteiger partial charge is 0.273 e. The third kappa shape index (κ3) is 1.40. The molecule has 0 saturated carbocycles. The van der Waals surface area contributed by atoms with E-state index in [4.69, 9.17) is 0 Å². The van der Waals surface area contributed by atoms with Crippen LogP contribution >= 0.6 is 0 Å². The Kier molecular flexibility index (Phi) is 2.14. The lowest BCUT2D eigenvalue weighted by molar-refractivity contribution is 0.0709. The van der Waals surface area contributed by atoms with Gasteiger partial charge in [0.25, 0.3) is 6.43 Å². The molecule has 10 heavy (non-hydrogen) atoms. The van der Waals surface area contributed by atoms with Crippen molar-refractivity contribution in [2.75, 3.05) is 0 Å². The summed E-state index contributed by atoms with van der Waals surface area (Å²) in [6.07, 6.45) is 0.105. The molecule has 0 N–H and O–H groups in total. The summed E-state index contributed by atoms with van der Waals surface area (Å²) in [4.78, 5) is 0. The molecule has 56 valence electrons. The predicted octanol–water partition coefficient (Wildman–Crippen LogP) is 2.48. The van der Waals surface area contributed by atoms with Crippen LogP contribution < -0.4 is 0 Å². The van der Waals surface area contributed by atoms with Gasteiger partial charge in [-0.1, -0.05) is 18.2 Å². The van der Waals surface area contributed by atoms with Crippen LogP contribution in [0.15, 0.2) is 23.8 Å². The van der Waals surface area contributed by atoms with E-state index in [2.05, 4.69) is 0 Å². The number of allylic oxidation sites excluding steroid dienone is 4. The maximum atomic E-state index is 12.4. The fourth-order valence-corrected chi connectivity index (χ4v) is 0.826. The number of halogens is 3. The SMILES string of the molecule is FC(F)C(F)C1=CCC=C1. The Morgan fingerprint density at radius 3 is 2.40 bits per heavy atom. The summed E-state index contributed by atoms with van der Waals surface area (Å²) in [5.74, 6) is 0. The van der Waals surface area contributed by atoms with Gasteiger partial charge in [0.1, 0.15) is 0 Å². The van der Waals surface area contributed by atoms with Gasteiger partial charge in [0, 0.05) is 0 Å². The zero-order valence-electron chi connectivity index (χ0n) is 5.23. The van der Waals surface area contributed by atoms with Gasteiger partial charge in [0.15, 0.2) is 6.17 Å². The number of hydrogen-bond donors (Lipinski definition) is 0. The van der Waals surface area contributed by atoms with E-state index in [-0.39, 0.29) is 5.57 Å². The molecule has 0 bridgehead atoms. The first kappa shape index (κ1) is 7.38. The van der Waals surface area contributed by atoms with Crippen molar-refractivity contribution in [1.29, 1.82) is 0 Å². The first-order valence-electron chi connectivity index (χ1n) is 3.00. The Hall–Kier alpha value is -0.730. The fourth-order valence-electron chi connectivity index (χ4n) is 0.826. The highest BCUT2D eigenvalue weighted by atomic mass is 19.3. The molecule has 1 unspecified atom stereocenters. The minimum atomic E-state index is -2.89. The van der Waals surface area contributed by atoms with Crippen LogP contribution in [0.5, 0.6) is 0 Å². The summed E-state index contributed by atoms with van der Waals surface area (Å²) in [5, 5.41) is 0. The van der Waals surface area contributed by atoms with Crippen LogP contribution in [0.25, 0.3) is 0 Å².